The number of hydrogen-bond acceptors (Lipinski definition) is 7. The van der Waals surface area contributed by atoms with Gasteiger partial charge in [0.25, 0.3) is 0 Å². The minimum Gasteiger partial charge on any atom is -0.370 e. The van der Waals surface area contributed by atoms with Crippen molar-refractivity contribution in [3.63, 3.8) is 0 Å². The van der Waals surface area contributed by atoms with E-state index in [0.717, 1.165) is 5.69 Å². The van der Waals surface area contributed by atoms with Crippen molar-refractivity contribution in [2.75, 3.05) is 6.61 Å². The Hall–Kier alpha value is -1.80. The summed E-state index contributed by atoms with van der Waals surface area (Å²) in [6, 6.07) is 0. The second kappa shape index (κ2) is 6.58. The molecule has 0 spiro atoms. The third kappa shape index (κ3) is 3.40. The van der Waals surface area contributed by atoms with Crippen molar-refractivity contribution in [1.82, 2.24) is 25.1 Å². The van der Waals surface area contributed by atoms with Crippen molar-refractivity contribution in [1.29, 1.82) is 0 Å². The van der Waals surface area contributed by atoms with Gasteiger partial charge >= 0.3 is 0 Å². The number of hydrogen-bond donors (Lipinski definition) is 1. The van der Waals surface area contributed by atoms with Gasteiger partial charge in [0.15, 0.2) is 0 Å². The molecule has 0 aliphatic heterocycles. The molecule has 0 saturated carbocycles. The molecule has 8 nitrogen and oxygen atoms in total. The van der Waals surface area contributed by atoms with Gasteiger partial charge in [-0.25, -0.2) is 4.68 Å². The molecule has 2 aromatic heterocycles. The van der Waals surface area contributed by atoms with Gasteiger partial charge in [-0.05, 0) is 12.8 Å². The highest BCUT2D eigenvalue weighted by Crippen LogP contribution is 2.23. The lowest BCUT2D eigenvalue weighted by atomic mass is 10.1. The van der Waals surface area contributed by atoms with Crippen LogP contribution in [0.25, 0.3) is 0 Å². The summed E-state index contributed by atoms with van der Waals surface area (Å²) in [7, 11) is 0. The SMILES string of the molecule is CCOC(c1noc(Cn2cc(CN)nn2)n1)C(C)C. The number of ether oxygens (including phenoxy) is 1. The molecule has 0 fully saturated rings. The Bertz CT molecular complexity index is 536. The zero-order valence-corrected chi connectivity index (χ0v) is 12.0. The summed E-state index contributed by atoms with van der Waals surface area (Å²) in [6.07, 6.45) is 1.60. The van der Waals surface area contributed by atoms with Crippen molar-refractivity contribution in [2.24, 2.45) is 11.7 Å². The molecule has 8 heteroatoms. The highest BCUT2D eigenvalue weighted by atomic mass is 16.5. The van der Waals surface area contributed by atoms with E-state index in [1.807, 2.05) is 6.92 Å². The topological polar surface area (TPSA) is 105 Å². The van der Waals surface area contributed by atoms with Crippen LogP contribution in [0.1, 0.15) is 44.3 Å². The molecular formula is C12H20N6O2. The van der Waals surface area contributed by atoms with E-state index in [2.05, 4.69) is 34.3 Å². The first-order valence-corrected chi connectivity index (χ1v) is 6.67. The Morgan fingerprint density at radius 2 is 2.25 bits per heavy atom. The van der Waals surface area contributed by atoms with Crippen LogP contribution in [0, 0.1) is 5.92 Å². The summed E-state index contributed by atoms with van der Waals surface area (Å²) in [5.41, 5.74) is 6.20. The summed E-state index contributed by atoms with van der Waals surface area (Å²) < 4.78 is 12.5. The highest BCUT2D eigenvalue weighted by Gasteiger charge is 2.22. The normalized spacial score (nSPS) is 13.1. The van der Waals surface area contributed by atoms with Gasteiger partial charge in [0, 0.05) is 13.2 Å². The Labute approximate surface area is 117 Å². The first kappa shape index (κ1) is 14.6. The smallest absolute Gasteiger partial charge is 0.248 e. The van der Waals surface area contributed by atoms with Gasteiger partial charge in [0.05, 0.1) is 11.9 Å². The van der Waals surface area contributed by atoms with E-state index in [9.17, 15) is 0 Å². The first-order chi connectivity index (χ1) is 9.63. The van der Waals surface area contributed by atoms with Gasteiger partial charge in [-0.15, -0.1) is 5.10 Å². The van der Waals surface area contributed by atoms with Crippen LogP contribution in [-0.4, -0.2) is 31.7 Å². The molecule has 1 atom stereocenters. The molecule has 0 aliphatic carbocycles. The predicted octanol–water partition coefficient (Wildman–Crippen LogP) is 0.902. The molecule has 0 aromatic carbocycles. The lowest BCUT2D eigenvalue weighted by Gasteiger charge is -2.16. The molecule has 110 valence electrons. The maximum atomic E-state index is 5.64. The molecule has 2 heterocycles. The summed E-state index contributed by atoms with van der Waals surface area (Å²) in [5.74, 6) is 1.31. The van der Waals surface area contributed by atoms with Crippen molar-refractivity contribution >= 4 is 0 Å². The zero-order valence-electron chi connectivity index (χ0n) is 12.0. The third-order valence-corrected chi connectivity index (χ3v) is 2.78. The lowest BCUT2D eigenvalue weighted by Crippen LogP contribution is -2.13. The van der Waals surface area contributed by atoms with Crippen LogP contribution in [0.3, 0.4) is 0 Å². The maximum absolute atomic E-state index is 5.64. The quantitative estimate of drug-likeness (QED) is 0.803. The van der Waals surface area contributed by atoms with Crippen LogP contribution in [-0.2, 0) is 17.8 Å². The average Bonchev–Trinajstić information content (AvgIpc) is 3.05. The molecule has 1 unspecified atom stereocenters. The molecule has 0 saturated heterocycles. The molecule has 2 rings (SSSR count). The van der Waals surface area contributed by atoms with Crippen LogP contribution in [0.4, 0.5) is 0 Å². The van der Waals surface area contributed by atoms with Crippen LogP contribution < -0.4 is 5.73 Å². The van der Waals surface area contributed by atoms with Crippen LogP contribution in [0.5, 0.6) is 0 Å². The van der Waals surface area contributed by atoms with Gasteiger partial charge in [0.1, 0.15) is 12.6 Å². The van der Waals surface area contributed by atoms with Crippen molar-refractivity contribution in [2.45, 2.75) is 40.0 Å². The fraction of sp³-hybridized carbons (Fsp3) is 0.667. The maximum Gasteiger partial charge on any atom is 0.248 e. The van der Waals surface area contributed by atoms with E-state index < -0.39 is 0 Å². The summed E-state index contributed by atoms with van der Waals surface area (Å²) in [5, 5.41) is 11.8. The first-order valence-electron chi connectivity index (χ1n) is 6.67. The van der Waals surface area contributed by atoms with E-state index in [1.165, 1.54) is 0 Å². The van der Waals surface area contributed by atoms with Crippen molar-refractivity contribution in [3.05, 3.63) is 23.6 Å². The monoisotopic (exact) mass is 280 g/mol. The third-order valence-electron chi connectivity index (χ3n) is 2.78. The van der Waals surface area contributed by atoms with Crippen LogP contribution >= 0.6 is 0 Å². The Morgan fingerprint density at radius 1 is 1.45 bits per heavy atom. The van der Waals surface area contributed by atoms with Crippen molar-refractivity contribution < 1.29 is 9.26 Å². The van der Waals surface area contributed by atoms with E-state index in [1.54, 1.807) is 10.9 Å². The molecule has 2 N–H and O–H groups in total. The molecular weight excluding hydrogens is 260 g/mol. The standard InChI is InChI=1S/C12H20N6O2/c1-4-19-11(8(2)3)12-14-10(20-16-12)7-18-6-9(5-13)15-17-18/h6,8,11H,4-5,7,13H2,1-3H3. The van der Waals surface area contributed by atoms with Gasteiger partial charge < -0.3 is 15.0 Å². The summed E-state index contributed by atoms with van der Waals surface area (Å²) >= 11 is 0. The minimum atomic E-state index is -0.159. The van der Waals surface area contributed by atoms with E-state index in [4.69, 9.17) is 15.0 Å². The predicted molar refractivity (Wildman–Crippen MR) is 70.5 cm³/mol. The van der Waals surface area contributed by atoms with E-state index >= 15 is 0 Å². The Balaban J connectivity index is 2.07. The number of nitrogens with zero attached hydrogens (tertiary/aromatic N) is 5. The summed E-state index contributed by atoms with van der Waals surface area (Å²) in [4.78, 5) is 4.36. The molecule has 0 amide bonds. The van der Waals surface area contributed by atoms with Crippen molar-refractivity contribution in [3.8, 4) is 0 Å². The van der Waals surface area contributed by atoms with E-state index in [0.29, 0.717) is 31.4 Å². The fourth-order valence-corrected chi connectivity index (χ4v) is 1.84. The number of nitrogens with two attached hydrogens (primary N) is 1. The lowest BCUT2D eigenvalue weighted by molar-refractivity contribution is 0.0217. The molecule has 0 bridgehead atoms. The van der Waals surface area contributed by atoms with E-state index in [-0.39, 0.29) is 12.0 Å². The fourth-order valence-electron chi connectivity index (χ4n) is 1.84. The molecule has 0 radical (unpaired) electrons. The average molecular weight is 280 g/mol. The second-order valence-electron chi connectivity index (χ2n) is 4.78. The Morgan fingerprint density at radius 3 is 2.85 bits per heavy atom. The number of rotatable bonds is 7. The van der Waals surface area contributed by atoms with Gasteiger partial charge in [-0.2, -0.15) is 4.98 Å². The molecule has 20 heavy (non-hydrogen) atoms. The van der Waals surface area contributed by atoms with Crippen LogP contribution in [0.2, 0.25) is 0 Å². The number of aromatic nitrogens is 5. The van der Waals surface area contributed by atoms with Crippen LogP contribution in [0.15, 0.2) is 10.7 Å². The highest BCUT2D eigenvalue weighted by molar-refractivity contribution is 4.95. The minimum absolute atomic E-state index is 0.159. The largest absolute Gasteiger partial charge is 0.370 e. The van der Waals surface area contributed by atoms with Gasteiger partial charge in [-0.1, -0.05) is 24.2 Å². The second-order valence-corrected chi connectivity index (χ2v) is 4.78. The summed E-state index contributed by atoms with van der Waals surface area (Å²) in [6.45, 7) is 7.39. The zero-order chi connectivity index (χ0) is 14.5. The van der Waals surface area contributed by atoms with Gasteiger partial charge in [0.2, 0.25) is 11.7 Å². The molecule has 2 aromatic rings. The Kier molecular flexibility index (Phi) is 4.80. The van der Waals surface area contributed by atoms with Gasteiger partial charge in [-0.3, -0.25) is 0 Å². The molecule has 0 aliphatic rings.